The van der Waals surface area contributed by atoms with Crippen molar-refractivity contribution in [2.24, 2.45) is 0 Å². The summed E-state index contributed by atoms with van der Waals surface area (Å²) in [4.78, 5) is 14.4. The number of aromatic nitrogens is 3. The fourth-order valence-corrected chi connectivity index (χ4v) is 4.01. The van der Waals surface area contributed by atoms with Crippen LogP contribution in [0, 0.1) is 0 Å². The number of thioether (sulfide) groups is 1. The van der Waals surface area contributed by atoms with Crippen LogP contribution >= 0.6 is 11.8 Å². The molecule has 0 aliphatic rings. The lowest BCUT2D eigenvalue weighted by Gasteiger charge is -2.17. The van der Waals surface area contributed by atoms with Crippen LogP contribution in [0.1, 0.15) is 0 Å². The van der Waals surface area contributed by atoms with Gasteiger partial charge in [0.05, 0.1) is 12.9 Å². The number of amides is 1. The number of carbonyl (C=O) groups is 1. The van der Waals surface area contributed by atoms with Gasteiger partial charge in [-0.05, 0) is 36.4 Å². The van der Waals surface area contributed by atoms with Crippen LogP contribution in [0.2, 0.25) is 0 Å². The zero-order chi connectivity index (χ0) is 21.6. The summed E-state index contributed by atoms with van der Waals surface area (Å²) in [5.74, 6) is 1.67. The maximum atomic E-state index is 12.8. The van der Waals surface area contributed by atoms with E-state index in [0.29, 0.717) is 11.0 Å². The van der Waals surface area contributed by atoms with Gasteiger partial charge in [-0.2, -0.15) is 0 Å². The van der Waals surface area contributed by atoms with Crippen molar-refractivity contribution in [1.29, 1.82) is 0 Å². The first-order chi connectivity index (χ1) is 15.2. The van der Waals surface area contributed by atoms with Crippen molar-refractivity contribution in [1.82, 2.24) is 14.8 Å². The molecule has 6 nitrogen and oxygen atoms in total. The Kier molecular flexibility index (Phi) is 6.33. The van der Waals surface area contributed by atoms with Crippen LogP contribution in [-0.4, -0.2) is 40.6 Å². The molecule has 0 unspecified atom stereocenters. The standard InChI is InChI=1S/C24H22N4O2S/c1-27(19-11-5-3-6-12-19)22(29)17-31-24-26-25-23(18-10-9-15-21(16-18)30-2)28(24)20-13-7-4-8-14-20/h3-16H,17H2,1-2H3. The second-order valence-corrected chi connectivity index (χ2v) is 7.73. The number of ether oxygens (including phenoxy) is 1. The van der Waals surface area contributed by atoms with Gasteiger partial charge in [-0.25, -0.2) is 0 Å². The minimum atomic E-state index is -0.0123. The molecule has 31 heavy (non-hydrogen) atoms. The highest BCUT2D eigenvalue weighted by atomic mass is 32.2. The molecule has 0 N–H and O–H groups in total. The molecule has 3 aromatic carbocycles. The van der Waals surface area contributed by atoms with E-state index in [2.05, 4.69) is 10.2 Å². The maximum Gasteiger partial charge on any atom is 0.237 e. The molecule has 0 fully saturated rings. The van der Waals surface area contributed by atoms with E-state index in [1.807, 2.05) is 89.5 Å². The third-order valence-corrected chi connectivity index (χ3v) is 5.73. The minimum absolute atomic E-state index is 0.0123. The fourth-order valence-electron chi connectivity index (χ4n) is 3.14. The van der Waals surface area contributed by atoms with Gasteiger partial charge >= 0.3 is 0 Å². The molecule has 0 aliphatic carbocycles. The first kappa shape index (κ1) is 20.7. The van der Waals surface area contributed by atoms with E-state index >= 15 is 0 Å². The fraction of sp³-hybridized carbons (Fsp3) is 0.125. The molecule has 0 bridgehead atoms. The quantitative estimate of drug-likeness (QED) is 0.398. The first-order valence-electron chi connectivity index (χ1n) is 9.77. The number of para-hydroxylation sites is 2. The lowest BCUT2D eigenvalue weighted by atomic mass is 10.2. The van der Waals surface area contributed by atoms with Crippen LogP contribution in [0.3, 0.4) is 0 Å². The predicted molar refractivity (Wildman–Crippen MR) is 124 cm³/mol. The van der Waals surface area contributed by atoms with Crippen LogP contribution in [0.4, 0.5) is 5.69 Å². The average molecular weight is 431 g/mol. The number of anilines is 1. The molecule has 1 amide bonds. The van der Waals surface area contributed by atoms with Crippen molar-refractivity contribution in [2.45, 2.75) is 5.16 Å². The normalized spacial score (nSPS) is 10.6. The Labute approximate surface area is 185 Å². The van der Waals surface area contributed by atoms with Crippen LogP contribution < -0.4 is 9.64 Å². The highest BCUT2D eigenvalue weighted by molar-refractivity contribution is 7.99. The number of hydrogen-bond donors (Lipinski definition) is 0. The van der Waals surface area contributed by atoms with Crippen LogP contribution in [-0.2, 0) is 4.79 Å². The number of rotatable bonds is 7. The van der Waals surface area contributed by atoms with Crippen molar-refractivity contribution >= 4 is 23.4 Å². The number of methoxy groups -OCH3 is 1. The topological polar surface area (TPSA) is 60.3 Å². The van der Waals surface area contributed by atoms with Gasteiger partial charge in [0.15, 0.2) is 11.0 Å². The van der Waals surface area contributed by atoms with E-state index < -0.39 is 0 Å². The Morgan fingerprint density at radius 3 is 2.39 bits per heavy atom. The lowest BCUT2D eigenvalue weighted by molar-refractivity contribution is -0.115. The van der Waals surface area contributed by atoms with Crippen molar-refractivity contribution in [3.05, 3.63) is 84.9 Å². The van der Waals surface area contributed by atoms with Crippen LogP contribution in [0.15, 0.2) is 90.1 Å². The van der Waals surface area contributed by atoms with Gasteiger partial charge < -0.3 is 9.64 Å². The molecule has 0 aliphatic heterocycles. The molecule has 7 heteroatoms. The first-order valence-corrected chi connectivity index (χ1v) is 10.8. The highest BCUT2D eigenvalue weighted by Crippen LogP contribution is 2.30. The zero-order valence-corrected chi connectivity index (χ0v) is 18.1. The third-order valence-electron chi connectivity index (χ3n) is 4.82. The molecule has 4 aromatic rings. The van der Waals surface area contributed by atoms with Crippen molar-refractivity contribution in [3.8, 4) is 22.8 Å². The number of benzene rings is 3. The summed E-state index contributed by atoms with van der Waals surface area (Å²) in [6, 6.07) is 27.2. The predicted octanol–water partition coefficient (Wildman–Crippen LogP) is 4.70. The van der Waals surface area contributed by atoms with E-state index in [9.17, 15) is 4.79 Å². The summed E-state index contributed by atoms with van der Waals surface area (Å²) >= 11 is 1.37. The Bertz CT molecular complexity index is 1160. The molecule has 156 valence electrons. The Hall–Kier alpha value is -3.58. The van der Waals surface area contributed by atoms with Crippen molar-refractivity contribution in [2.75, 3.05) is 24.8 Å². The zero-order valence-electron chi connectivity index (χ0n) is 17.3. The molecule has 1 aromatic heterocycles. The van der Waals surface area contributed by atoms with Crippen molar-refractivity contribution < 1.29 is 9.53 Å². The van der Waals surface area contributed by atoms with E-state index in [1.54, 1.807) is 19.1 Å². The summed E-state index contributed by atoms with van der Waals surface area (Å²) < 4.78 is 7.33. The Morgan fingerprint density at radius 1 is 0.968 bits per heavy atom. The highest BCUT2D eigenvalue weighted by Gasteiger charge is 2.19. The molecule has 0 saturated heterocycles. The van der Waals surface area contributed by atoms with E-state index in [4.69, 9.17) is 4.74 Å². The van der Waals surface area contributed by atoms with Gasteiger partial charge in [-0.1, -0.05) is 60.3 Å². The van der Waals surface area contributed by atoms with Gasteiger partial charge in [0, 0.05) is 24.0 Å². The molecule has 0 atom stereocenters. The number of nitrogens with zero attached hydrogens (tertiary/aromatic N) is 4. The molecule has 1 heterocycles. The number of hydrogen-bond acceptors (Lipinski definition) is 5. The second kappa shape index (κ2) is 9.49. The van der Waals surface area contributed by atoms with E-state index in [-0.39, 0.29) is 11.7 Å². The summed E-state index contributed by atoms with van der Waals surface area (Å²) in [6.07, 6.45) is 0. The van der Waals surface area contributed by atoms with Crippen LogP contribution in [0.25, 0.3) is 17.1 Å². The largest absolute Gasteiger partial charge is 0.497 e. The van der Waals surface area contributed by atoms with Gasteiger partial charge in [0.25, 0.3) is 0 Å². The monoisotopic (exact) mass is 430 g/mol. The van der Waals surface area contributed by atoms with Gasteiger partial charge in [0.1, 0.15) is 5.75 Å². The third kappa shape index (κ3) is 4.62. The van der Waals surface area contributed by atoms with Gasteiger partial charge in [-0.15, -0.1) is 10.2 Å². The average Bonchev–Trinajstić information content (AvgIpc) is 3.27. The molecular formula is C24H22N4O2S. The molecule has 4 rings (SSSR count). The van der Waals surface area contributed by atoms with E-state index in [0.717, 1.165) is 22.7 Å². The second-order valence-electron chi connectivity index (χ2n) is 6.79. The number of carbonyl (C=O) groups excluding carboxylic acids is 1. The molecule has 0 saturated carbocycles. The Balaban J connectivity index is 1.63. The molecule has 0 spiro atoms. The van der Waals surface area contributed by atoms with Gasteiger partial charge in [-0.3, -0.25) is 9.36 Å². The summed E-state index contributed by atoms with van der Waals surface area (Å²) in [6.45, 7) is 0. The molecular weight excluding hydrogens is 408 g/mol. The molecule has 0 radical (unpaired) electrons. The minimum Gasteiger partial charge on any atom is -0.497 e. The summed E-state index contributed by atoms with van der Waals surface area (Å²) in [5.41, 5.74) is 2.67. The van der Waals surface area contributed by atoms with Crippen LogP contribution in [0.5, 0.6) is 5.75 Å². The van der Waals surface area contributed by atoms with Gasteiger partial charge in [0.2, 0.25) is 5.91 Å². The lowest BCUT2D eigenvalue weighted by Crippen LogP contribution is -2.27. The van der Waals surface area contributed by atoms with Crippen molar-refractivity contribution in [3.63, 3.8) is 0 Å². The van der Waals surface area contributed by atoms with E-state index in [1.165, 1.54) is 11.8 Å². The Morgan fingerprint density at radius 2 is 1.68 bits per heavy atom. The maximum absolute atomic E-state index is 12.8. The summed E-state index contributed by atoms with van der Waals surface area (Å²) in [5, 5.41) is 9.48. The SMILES string of the molecule is COc1cccc(-c2nnc(SCC(=O)N(C)c3ccccc3)n2-c2ccccc2)c1. The summed E-state index contributed by atoms with van der Waals surface area (Å²) in [7, 11) is 3.42. The smallest absolute Gasteiger partial charge is 0.237 e.